The highest BCUT2D eigenvalue weighted by atomic mass is 32.2. The first-order valence-corrected chi connectivity index (χ1v) is 12.5. The first-order valence-electron chi connectivity index (χ1n) is 10.2. The first kappa shape index (κ1) is 23.3. The zero-order chi connectivity index (χ0) is 23.6. The molecule has 2 aromatic carbocycles. The molecule has 2 heterocycles. The molecule has 1 saturated heterocycles. The van der Waals surface area contributed by atoms with Crippen LogP contribution in [0.3, 0.4) is 0 Å². The number of carbonyl (C=O) groups is 2. The van der Waals surface area contributed by atoms with E-state index in [-0.39, 0.29) is 17.0 Å². The maximum absolute atomic E-state index is 12.9. The number of aryl methyl sites for hydroxylation is 1. The van der Waals surface area contributed by atoms with Gasteiger partial charge < -0.3 is 14.0 Å². The van der Waals surface area contributed by atoms with Crippen LogP contribution in [-0.4, -0.2) is 62.6 Å². The van der Waals surface area contributed by atoms with E-state index in [0.29, 0.717) is 31.1 Å². The highest BCUT2D eigenvalue weighted by Gasteiger charge is 2.26. The van der Waals surface area contributed by atoms with Crippen LogP contribution in [0, 0.1) is 6.92 Å². The van der Waals surface area contributed by atoms with Crippen LogP contribution in [-0.2, 0) is 30.8 Å². The van der Waals surface area contributed by atoms with Gasteiger partial charge in [0.05, 0.1) is 35.4 Å². The Bertz CT molecular complexity index is 1370. The number of aromatic nitrogens is 1. The van der Waals surface area contributed by atoms with Crippen molar-refractivity contribution in [3.8, 4) is 0 Å². The number of hydrogen-bond donors (Lipinski definition) is 0. The maximum Gasteiger partial charge on any atom is 0.325 e. The van der Waals surface area contributed by atoms with Gasteiger partial charge in [-0.05, 0) is 42.8 Å². The lowest BCUT2D eigenvalue weighted by Crippen LogP contribution is -2.40. The standard InChI is InChI=1S/C22H23N3O6S2/c1-15-4-3-5-18-20(15)25(14-19(26)30-2)22(32-18)23-21(27)16-6-8-17(9-7-16)33(28,29)24-10-12-31-13-11-24/h3-9H,10-14H2,1-2H3. The summed E-state index contributed by atoms with van der Waals surface area (Å²) in [6, 6.07) is 11.4. The van der Waals surface area contributed by atoms with Crippen LogP contribution in [0.5, 0.6) is 0 Å². The van der Waals surface area contributed by atoms with Crippen LogP contribution >= 0.6 is 11.3 Å². The van der Waals surface area contributed by atoms with Crippen molar-refractivity contribution in [1.82, 2.24) is 8.87 Å². The summed E-state index contributed by atoms with van der Waals surface area (Å²) in [5.74, 6) is -0.988. The molecule has 0 N–H and O–H groups in total. The third kappa shape index (κ3) is 4.76. The molecule has 0 saturated carbocycles. The lowest BCUT2D eigenvalue weighted by molar-refractivity contribution is -0.141. The molecular weight excluding hydrogens is 466 g/mol. The molecule has 0 radical (unpaired) electrons. The maximum atomic E-state index is 12.9. The second-order valence-corrected chi connectivity index (χ2v) is 10.4. The Labute approximate surface area is 194 Å². The van der Waals surface area contributed by atoms with Crippen molar-refractivity contribution >= 4 is 43.5 Å². The number of thiazole rings is 1. The summed E-state index contributed by atoms with van der Waals surface area (Å²) in [6.07, 6.45) is 0. The minimum Gasteiger partial charge on any atom is -0.468 e. The smallest absolute Gasteiger partial charge is 0.325 e. The van der Waals surface area contributed by atoms with Gasteiger partial charge in [0.1, 0.15) is 6.54 Å². The van der Waals surface area contributed by atoms with Gasteiger partial charge in [-0.25, -0.2) is 8.42 Å². The summed E-state index contributed by atoms with van der Waals surface area (Å²) >= 11 is 1.29. The van der Waals surface area contributed by atoms with E-state index in [1.165, 1.54) is 47.0 Å². The molecule has 11 heteroatoms. The quantitative estimate of drug-likeness (QED) is 0.507. The van der Waals surface area contributed by atoms with E-state index in [9.17, 15) is 18.0 Å². The van der Waals surface area contributed by atoms with E-state index >= 15 is 0 Å². The molecule has 0 bridgehead atoms. The Hall–Kier alpha value is -2.86. The second kappa shape index (κ2) is 9.56. The van der Waals surface area contributed by atoms with Crippen LogP contribution in [0.25, 0.3) is 10.2 Å². The molecule has 1 aliphatic heterocycles. The monoisotopic (exact) mass is 489 g/mol. The van der Waals surface area contributed by atoms with Crippen LogP contribution in [0.15, 0.2) is 52.4 Å². The average Bonchev–Trinajstić information content (AvgIpc) is 3.17. The van der Waals surface area contributed by atoms with Gasteiger partial charge in [0.15, 0.2) is 4.80 Å². The number of fused-ring (bicyclic) bond motifs is 1. The van der Waals surface area contributed by atoms with Gasteiger partial charge in [0.25, 0.3) is 5.91 Å². The molecule has 0 aliphatic carbocycles. The number of para-hydroxylation sites is 1. The summed E-state index contributed by atoms with van der Waals surface area (Å²) in [7, 11) is -2.35. The summed E-state index contributed by atoms with van der Waals surface area (Å²) < 4.78 is 39.5. The van der Waals surface area contributed by atoms with Gasteiger partial charge in [-0.15, -0.1) is 0 Å². The fraction of sp³-hybridized carbons (Fsp3) is 0.318. The number of esters is 1. The molecule has 9 nitrogen and oxygen atoms in total. The van der Waals surface area contributed by atoms with Crippen molar-refractivity contribution in [2.24, 2.45) is 4.99 Å². The number of amides is 1. The summed E-state index contributed by atoms with van der Waals surface area (Å²) in [5.41, 5.74) is 2.00. The molecule has 0 spiro atoms. The second-order valence-electron chi connectivity index (χ2n) is 7.43. The SMILES string of the molecule is COC(=O)Cn1c(=NC(=O)c2ccc(S(=O)(=O)N3CCOCC3)cc2)sc2cccc(C)c21. The third-order valence-corrected chi connectivity index (χ3v) is 8.28. The molecule has 174 valence electrons. The van der Waals surface area contributed by atoms with Crippen LogP contribution < -0.4 is 4.80 Å². The fourth-order valence-corrected chi connectivity index (χ4v) is 6.10. The number of nitrogens with zero attached hydrogens (tertiary/aromatic N) is 3. The number of morpholine rings is 1. The van der Waals surface area contributed by atoms with Gasteiger partial charge in [0, 0.05) is 18.7 Å². The molecule has 33 heavy (non-hydrogen) atoms. The van der Waals surface area contributed by atoms with Crippen molar-refractivity contribution in [3.63, 3.8) is 0 Å². The number of sulfonamides is 1. The van der Waals surface area contributed by atoms with Crippen molar-refractivity contribution in [2.45, 2.75) is 18.4 Å². The number of ether oxygens (including phenoxy) is 2. The molecule has 0 atom stereocenters. The van der Waals surface area contributed by atoms with Crippen molar-refractivity contribution in [3.05, 3.63) is 58.4 Å². The molecule has 1 aromatic heterocycles. The number of benzene rings is 2. The molecule has 0 unspecified atom stereocenters. The van der Waals surface area contributed by atoms with Gasteiger partial charge in [-0.3, -0.25) is 9.59 Å². The Balaban J connectivity index is 1.68. The Morgan fingerprint density at radius 2 is 1.82 bits per heavy atom. The van der Waals surface area contributed by atoms with E-state index in [2.05, 4.69) is 4.99 Å². The fourth-order valence-electron chi connectivity index (χ4n) is 3.59. The number of methoxy groups -OCH3 is 1. The lowest BCUT2D eigenvalue weighted by Gasteiger charge is -2.26. The molecule has 1 amide bonds. The number of carbonyl (C=O) groups excluding carboxylic acids is 2. The van der Waals surface area contributed by atoms with Gasteiger partial charge >= 0.3 is 5.97 Å². The first-order chi connectivity index (χ1) is 15.8. The largest absolute Gasteiger partial charge is 0.468 e. The predicted molar refractivity (Wildman–Crippen MR) is 122 cm³/mol. The van der Waals surface area contributed by atoms with E-state index in [1.807, 2.05) is 25.1 Å². The molecule has 1 aliphatic rings. The van der Waals surface area contributed by atoms with E-state index in [1.54, 1.807) is 4.57 Å². The lowest BCUT2D eigenvalue weighted by atomic mass is 10.2. The topological polar surface area (TPSA) is 107 Å². The Morgan fingerprint density at radius 3 is 2.48 bits per heavy atom. The summed E-state index contributed by atoms with van der Waals surface area (Å²) in [5, 5.41) is 0. The Morgan fingerprint density at radius 1 is 1.12 bits per heavy atom. The van der Waals surface area contributed by atoms with E-state index < -0.39 is 21.9 Å². The van der Waals surface area contributed by atoms with Crippen LogP contribution in [0.4, 0.5) is 0 Å². The van der Waals surface area contributed by atoms with Crippen molar-refractivity contribution in [1.29, 1.82) is 0 Å². The minimum atomic E-state index is -3.65. The molecule has 1 fully saturated rings. The van der Waals surface area contributed by atoms with Crippen molar-refractivity contribution in [2.75, 3.05) is 33.4 Å². The molecular formula is C22H23N3O6S2. The van der Waals surface area contributed by atoms with Crippen LogP contribution in [0.2, 0.25) is 0 Å². The number of hydrogen-bond acceptors (Lipinski definition) is 7. The Kier molecular flexibility index (Phi) is 6.75. The van der Waals surface area contributed by atoms with E-state index in [4.69, 9.17) is 9.47 Å². The highest BCUT2D eigenvalue weighted by molar-refractivity contribution is 7.89. The normalized spacial score (nSPS) is 15.6. The van der Waals surface area contributed by atoms with Gasteiger partial charge in [-0.1, -0.05) is 23.5 Å². The van der Waals surface area contributed by atoms with Gasteiger partial charge in [-0.2, -0.15) is 9.30 Å². The summed E-state index contributed by atoms with van der Waals surface area (Å²) in [4.78, 5) is 29.6. The average molecular weight is 490 g/mol. The third-order valence-electron chi connectivity index (χ3n) is 5.32. The van der Waals surface area contributed by atoms with Crippen LogP contribution in [0.1, 0.15) is 15.9 Å². The zero-order valence-electron chi connectivity index (χ0n) is 18.2. The predicted octanol–water partition coefficient (Wildman–Crippen LogP) is 1.95. The number of rotatable bonds is 5. The van der Waals surface area contributed by atoms with Gasteiger partial charge in [0.2, 0.25) is 10.0 Å². The molecule has 3 aromatic rings. The zero-order valence-corrected chi connectivity index (χ0v) is 19.8. The molecule has 4 rings (SSSR count). The van der Waals surface area contributed by atoms with Crippen molar-refractivity contribution < 1.29 is 27.5 Å². The summed E-state index contributed by atoms with van der Waals surface area (Å²) in [6.45, 7) is 3.14. The highest BCUT2D eigenvalue weighted by Crippen LogP contribution is 2.22. The van der Waals surface area contributed by atoms with E-state index in [0.717, 1.165) is 15.8 Å². The minimum absolute atomic E-state index is 0.0792.